The Kier molecular flexibility index (Phi) is 4.80. The van der Waals surface area contributed by atoms with Crippen LogP contribution in [0.4, 0.5) is 13.2 Å². The SMILES string of the molecule is OC(CCc1ccccn1)c1ccccc1OC(F)(F)F. The van der Waals surface area contributed by atoms with Crippen LogP contribution in [0.1, 0.15) is 23.8 Å². The van der Waals surface area contributed by atoms with Gasteiger partial charge in [-0.05, 0) is 31.0 Å². The second-order valence-electron chi connectivity index (χ2n) is 4.46. The summed E-state index contributed by atoms with van der Waals surface area (Å²) >= 11 is 0. The van der Waals surface area contributed by atoms with E-state index in [0.29, 0.717) is 6.42 Å². The molecule has 0 aliphatic heterocycles. The molecular weight excluding hydrogens is 283 g/mol. The van der Waals surface area contributed by atoms with E-state index in [0.717, 1.165) is 5.69 Å². The number of rotatable bonds is 5. The van der Waals surface area contributed by atoms with Crippen molar-refractivity contribution in [1.82, 2.24) is 4.98 Å². The van der Waals surface area contributed by atoms with Gasteiger partial charge in [0.15, 0.2) is 0 Å². The quantitative estimate of drug-likeness (QED) is 0.916. The third-order valence-corrected chi connectivity index (χ3v) is 2.90. The molecule has 0 saturated carbocycles. The fraction of sp³-hybridized carbons (Fsp3) is 0.267. The lowest BCUT2D eigenvalue weighted by Gasteiger charge is -2.17. The number of benzene rings is 1. The molecule has 2 rings (SSSR count). The van der Waals surface area contributed by atoms with Gasteiger partial charge in [-0.15, -0.1) is 13.2 Å². The van der Waals surface area contributed by atoms with Crippen molar-refractivity contribution in [3.05, 3.63) is 59.9 Å². The van der Waals surface area contributed by atoms with E-state index in [2.05, 4.69) is 9.72 Å². The predicted molar refractivity (Wildman–Crippen MR) is 70.6 cm³/mol. The van der Waals surface area contributed by atoms with E-state index >= 15 is 0 Å². The average Bonchev–Trinajstić information content (AvgIpc) is 2.45. The summed E-state index contributed by atoms with van der Waals surface area (Å²) in [5.74, 6) is -0.376. The molecule has 1 aromatic carbocycles. The van der Waals surface area contributed by atoms with Gasteiger partial charge in [0.25, 0.3) is 0 Å². The minimum absolute atomic E-state index is 0.116. The number of aliphatic hydroxyl groups excluding tert-OH is 1. The van der Waals surface area contributed by atoms with E-state index in [1.807, 2.05) is 6.07 Å². The zero-order valence-corrected chi connectivity index (χ0v) is 11.0. The van der Waals surface area contributed by atoms with Gasteiger partial charge in [0, 0.05) is 17.5 Å². The van der Waals surface area contributed by atoms with Crippen LogP contribution in [0.25, 0.3) is 0 Å². The van der Waals surface area contributed by atoms with Crippen molar-refractivity contribution >= 4 is 0 Å². The molecule has 0 amide bonds. The fourth-order valence-corrected chi connectivity index (χ4v) is 1.96. The first-order valence-corrected chi connectivity index (χ1v) is 6.38. The van der Waals surface area contributed by atoms with E-state index in [9.17, 15) is 18.3 Å². The molecule has 1 N–H and O–H groups in total. The highest BCUT2D eigenvalue weighted by atomic mass is 19.4. The van der Waals surface area contributed by atoms with Gasteiger partial charge in [-0.3, -0.25) is 4.98 Å². The van der Waals surface area contributed by atoms with Crippen LogP contribution in [0.3, 0.4) is 0 Å². The average molecular weight is 297 g/mol. The zero-order chi connectivity index (χ0) is 15.3. The molecule has 112 valence electrons. The van der Waals surface area contributed by atoms with Crippen molar-refractivity contribution in [2.45, 2.75) is 25.3 Å². The number of halogens is 3. The Hall–Kier alpha value is -2.08. The molecule has 21 heavy (non-hydrogen) atoms. The van der Waals surface area contributed by atoms with Crippen molar-refractivity contribution in [2.75, 3.05) is 0 Å². The van der Waals surface area contributed by atoms with Crippen LogP contribution >= 0.6 is 0 Å². The molecule has 0 radical (unpaired) electrons. The lowest BCUT2D eigenvalue weighted by molar-refractivity contribution is -0.275. The van der Waals surface area contributed by atoms with Gasteiger partial charge in [0.2, 0.25) is 0 Å². The van der Waals surface area contributed by atoms with Crippen molar-refractivity contribution in [3.63, 3.8) is 0 Å². The second kappa shape index (κ2) is 6.58. The van der Waals surface area contributed by atoms with Crippen LogP contribution in [0.2, 0.25) is 0 Å². The maximum Gasteiger partial charge on any atom is 0.573 e. The van der Waals surface area contributed by atoms with Crippen LogP contribution in [-0.4, -0.2) is 16.5 Å². The summed E-state index contributed by atoms with van der Waals surface area (Å²) in [7, 11) is 0. The van der Waals surface area contributed by atoms with Crippen molar-refractivity contribution in [1.29, 1.82) is 0 Å². The topological polar surface area (TPSA) is 42.4 Å². The van der Waals surface area contributed by atoms with Crippen LogP contribution in [0, 0.1) is 0 Å². The normalized spacial score (nSPS) is 13.0. The van der Waals surface area contributed by atoms with Gasteiger partial charge in [-0.2, -0.15) is 0 Å². The van der Waals surface area contributed by atoms with E-state index in [-0.39, 0.29) is 17.7 Å². The number of aliphatic hydroxyl groups is 1. The third kappa shape index (κ3) is 4.75. The number of aryl methyl sites for hydroxylation is 1. The monoisotopic (exact) mass is 297 g/mol. The molecule has 0 bridgehead atoms. The van der Waals surface area contributed by atoms with E-state index in [1.165, 1.54) is 18.2 Å². The van der Waals surface area contributed by atoms with E-state index < -0.39 is 12.5 Å². The molecule has 2 aromatic rings. The van der Waals surface area contributed by atoms with Gasteiger partial charge < -0.3 is 9.84 Å². The van der Waals surface area contributed by atoms with Gasteiger partial charge in [0.05, 0.1) is 6.10 Å². The van der Waals surface area contributed by atoms with Gasteiger partial charge in [-0.25, -0.2) is 0 Å². The largest absolute Gasteiger partial charge is 0.573 e. The third-order valence-electron chi connectivity index (χ3n) is 2.90. The zero-order valence-electron chi connectivity index (χ0n) is 11.0. The number of nitrogens with zero attached hydrogens (tertiary/aromatic N) is 1. The molecule has 0 saturated heterocycles. The molecule has 0 aliphatic carbocycles. The van der Waals surface area contributed by atoms with E-state index in [4.69, 9.17) is 0 Å². The molecule has 0 aliphatic rings. The van der Waals surface area contributed by atoms with Crippen LogP contribution < -0.4 is 4.74 Å². The highest BCUT2D eigenvalue weighted by Crippen LogP contribution is 2.31. The number of aromatic nitrogens is 1. The Morgan fingerprint density at radius 1 is 1.10 bits per heavy atom. The highest BCUT2D eigenvalue weighted by molar-refractivity contribution is 5.35. The summed E-state index contributed by atoms with van der Waals surface area (Å²) in [4.78, 5) is 4.10. The Morgan fingerprint density at radius 3 is 2.48 bits per heavy atom. The Balaban J connectivity index is 2.07. The van der Waals surface area contributed by atoms with E-state index in [1.54, 1.807) is 24.4 Å². The summed E-state index contributed by atoms with van der Waals surface area (Å²) in [6, 6.07) is 11.0. The Morgan fingerprint density at radius 2 is 1.81 bits per heavy atom. The molecule has 6 heteroatoms. The molecule has 0 spiro atoms. The molecule has 1 aromatic heterocycles. The van der Waals surface area contributed by atoms with Crippen LogP contribution in [-0.2, 0) is 6.42 Å². The van der Waals surface area contributed by atoms with Crippen LogP contribution in [0.5, 0.6) is 5.75 Å². The number of para-hydroxylation sites is 1. The summed E-state index contributed by atoms with van der Waals surface area (Å²) in [6.07, 6.45) is -3.48. The van der Waals surface area contributed by atoms with Gasteiger partial charge in [0.1, 0.15) is 5.75 Å². The first-order valence-electron chi connectivity index (χ1n) is 6.38. The molecule has 0 fully saturated rings. The van der Waals surface area contributed by atoms with Crippen LogP contribution in [0.15, 0.2) is 48.7 Å². The summed E-state index contributed by atoms with van der Waals surface area (Å²) in [6.45, 7) is 0. The lowest BCUT2D eigenvalue weighted by Crippen LogP contribution is -2.18. The maximum absolute atomic E-state index is 12.3. The molecule has 1 heterocycles. The van der Waals surface area contributed by atoms with Crippen molar-refractivity contribution in [2.24, 2.45) is 0 Å². The number of hydrogen-bond acceptors (Lipinski definition) is 3. The van der Waals surface area contributed by atoms with Crippen molar-refractivity contribution < 1.29 is 23.0 Å². The fourth-order valence-electron chi connectivity index (χ4n) is 1.96. The van der Waals surface area contributed by atoms with Gasteiger partial charge in [-0.1, -0.05) is 24.3 Å². The minimum Gasteiger partial charge on any atom is -0.405 e. The first kappa shape index (κ1) is 15.3. The highest BCUT2D eigenvalue weighted by Gasteiger charge is 2.32. The molecule has 1 unspecified atom stereocenters. The van der Waals surface area contributed by atoms with Gasteiger partial charge >= 0.3 is 6.36 Å². The standard InChI is InChI=1S/C15H14F3NO2/c16-15(17,18)21-14-7-2-1-6-12(14)13(20)9-8-11-5-3-4-10-19-11/h1-7,10,13,20H,8-9H2. The number of pyridine rings is 1. The second-order valence-corrected chi connectivity index (χ2v) is 4.46. The maximum atomic E-state index is 12.3. The summed E-state index contributed by atoms with van der Waals surface area (Å²) < 4.78 is 40.9. The Labute approximate surface area is 120 Å². The number of alkyl halides is 3. The molecule has 3 nitrogen and oxygen atoms in total. The molecular formula is C15H14F3NO2. The number of ether oxygens (including phenoxy) is 1. The number of hydrogen-bond donors (Lipinski definition) is 1. The van der Waals surface area contributed by atoms with Crippen molar-refractivity contribution in [3.8, 4) is 5.75 Å². The smallest absolute Gasteiger partial charge is 0.405 e. The Bertz CT molecular complexity index is 573. The minimum atomic E-state index is -4.78. The summed E-state index contributed by atoms with van der Waals surface area (Å²) in [5.41, 5.74) is 0.886. The first-order chi connectivity index (χ1) is 9.96. The molecule has 1 atom stereocenters. The lowest BCUT2D eigenvalue weighted by atomic mass is 10.0. The summed E-state index contributed by atoms with van der Waals surface area (Å²) in [5, 5.41) is 10.1. The predicted octanol–water partition coefficient (Wildman–Crippen LogP) is 3.65.